The lowest BCUT2D eigenvalue weighted by Gasteiger charge is -2.21. The molecule has 7 nitrogen and oxygen atoms in total. The Balaban J connectivity index is 2.45. The number of benzene rings is 1. The number of carbonyl (C=O) groups excluding carboxylic acids is 1. The van der Waals surface area contributed by atoms with Crippen molar-refractivity contribution in [2.24, 2.45) is 0 Å². The SMILES string of the molecule is CC(O)(CNC(=O)COc1ccccc1C#N)CC(=O)O. The Bertz CT molecular complexity index is 563. The molecule has 0 aliphatic carbocycles. The van der Waals surface area contributed by atoms with Crippen molar-refractivity contribution in [3.8, 4) is 11.8 Å². The molecule has 1 aromatic carbocycles. The summed E-state index contributed by atoms with van der Waals surface area (Å²) < 4.78 is 5.20. The second kappa shape index (κ2) is 7.26. The number of aliphatic carboxylic acids is 1. The van der Waals surface area contributed by atoms with Crippen LogP contribution in [0.5, 0.6) is 5.75 Å². The first kappa shape index (κ1) is 16.5. The number of hydrogen-bond acceptors (Lipinski definition) is 5. The molecule has 1 aromatic rings. The van der Waals surface area contributed by atoms with E-state index in [9.17, 15) is 14.7 Å². The first-order chi connectivity index (χ1) is 9.84. The summed E-state index contributed by atoms with van der Waals surface area (Å²) in [5, 5.41) is 29.6. The predicted molar refractivity (Wildman–Crippen MR) is 72.5 cm³/mol. The number of nitrogens with zero attached hydrogens (tertiary/aromatic N) is 1. The summed E-state index contributed by atoms with van der Waals surface area (Å²) in [5.41, 5.74) is -1.23. The topological polar surface area (TPSA) is 120 Å². The molecule has 112 valence electrons. The van der Waals surface area contributed by atoms with E-state index in [2.05, 4.69) is 5.32 Å². The van der Waals surface area contributed by atoms with Gasteiger partial charge in [-0.05, 0) is 19.1 Å². The third-order valence-electron chi connectivity index (χ3n) is 2.56. The van der Waals surface area contributed by atoms with Crippen LogP contribution >= 0.6 is 0 Å². The maximum atomic E-state index is 11.6. The molecule has 1 amide bonds. The van der Waals surface area contributed by atoms with Crippen molar-refractivity contribution >= 4 is 11.9 Å². The second-order valence-corrected chi connectivity index (χ2v) is 4.74. The van der Waals surface area contributed by atoms with E-state index in [4.69, 9.17) is 15.1 Å². The Morgan fingerprint density at radius 1 is 1.43 bits per heavy atom. The minimum absolute atomic E-state index is 0.207. The monoisotopic (exact) mass is 292 g/mol. The lowest BCUT2D eigenvalue weighted by atomic mass is 10.0. The lowest BCUT2D eigenvalue weighted by Crippen LogP contribution is -2.43. The van der Waals surface area contributed by atoms with Crippen LogP contribution in [0.4, 0.5) is 0 Å². The van der Waals surface area contributed by atoms with E-state index in [1.807, 2.05) is 6.07 Å². The van der Waals surface area contributed by atoms with Gasteiger partial charge in [0, 0.05) is 6.54 Å². The Kier molecular flexibility index (Phi) is 5.69. The zero-order chi connectivity index (χ0) is 15.9. The standard InChI is InChI=1S/C14H16N2O5/c1-14(20,6-13(18)19)9-16-12(17)8-21-11-5-3-2-4-10(11)7-15/h2-5,20H,6,8-9H2,1H3,(H,16,17)(H,18,19). The number of carboxylic acids is 1. The fourth-order valence-electron chi connectivity index (χ4n) is 1.56. The van der Waals surface area contributed by atoms with Crippen molar-refractivity contribution in [3.05, 3.63) is 29.8 Å². The fraction of sp³-hybridized carbons (Fsp3) is 0.357. The molecule has 1 unspecified atom stereocenters. The predicted octanol–water partition coefficient (Wildman–Crippen LogP) is 0.279. The molecule has 0 spiro atoms. The van der Waals surface area contributed by atoms with Gasteiger partial charge in [0.25, 0.3) is 5.91 Å². The first-order valence-corrected chi connectivity index (χ1v) is 6.17. The number of carbonyl (C=O) groups is 2. The molecule has 0 aromatic heterocycles. The number of carboxylic acid groups (broad SMARTS) is 1. The number of rotatable bonds is 7. The molecular weight excluding hydrogens is 276 g/mol. The van der Waals surface area contributed by atoms with Gasteiger partial charge in [0.15, 0.2) is 6.61 Å². The average molecular weight is 292 g/mol. The molecule has 0 aliphatic heterocycles. The first-order valence-electron chi connectivity index (χ1n) is 6.17. The number of hydrogen-bond donors (Lipinski definition) is 3. The van der Waals surface area contributed by atoms with Crippen LogP contribution in [-0.4, -0.2) is 40.8 Å². The highest BCUT2D eigenvalue weighted by Crippen LogP contribution is 2.16. The van der Waals surface area contributed by atoms with E-state index in [-0.39, 0.29) is 18.9 Å². The van der Waals surface area contributed by atoms with Crippen molar-refractivity contribution in [1.29, 1.82) is 5.26 Å². The summed E-state index contributed by atoms with van der Waals surface area (Å²) in [5.74, 6) is -1.39. The normalized spacial score (nSPS) is 12.8. The molecule has 1 rings (SSSR count). The molecule has 1 atom stereocenters. The minimum atomic E-state index is -1.54. The van der Waals surface area contributed by atoms with Gasteiger partial charge in [-0.15, -0.1) is 0 Å². The lowest BCUT2D eigenvalue weighted by molar-refractivity contribution is -0.142. The fourth-order valence-corrected chi connectivity index (χ4v) is 1.56. The molecule has 0 saturated carbocycles. The summed E-state index contributed by atoms with van der Waals surface area (Å²) in [6.45, 7) is 0.774. The molecule has 3 N–H and O–H groups in total. The second-order valence-electron chi connectivity index (χ2n) is 4.74. The van der Waals surface area contributed by atoms with Crippen LogP contribution in [0.3, 0.4) is 0 Å². The maximum Gasteiger partial charge on any atom is 0.306 e. The Labute approximate surface area is 121 Å². The van der Waals surface area contributed by atoms with E-state index in [0.29, 0.717) is 5.56 Å². The summed E-state index contributed by atoms with van der Waals surface area (Å²) in [7, 11) is 0. The molecule has 0 bridgehead atoms. The van der Waals surface area contributed by atoms with E-state index >= 15 is 0 Å². The van der Waals surface area contributed by atoms with Gasteiger partial charge in [-0.25, -0.2) is 0 Å². The molecule has 21 heavy (non-hydrogen) atoms. The highest BCUT2D eigenvalue weighted by Gasteiger charge is 2.24. The highest BCUT2D eigenvalue weighted by molar-refractivity contribution is 5.77. The van der Waals surface area contributed by atoms with Gasteiger partial charge in [0.2, 0.25) is 0 Å². The van der Waals surface area contributed by atoms with Crippen LogP contribution in [0.1, 0.15) is 18.9 Å². The molecule has 0 aliphatic rings. The van der Waals surface area contributed by atoms with Gasteiger partial charge in [-0.2, -0.15) is 5.26 Å². The number of aliphatic hydroxyl groups is 1. The van der Waals surface area contributed by atoms with Crippen molar-refractivity contribution in [1.82, 2.24) is 5.32 Å². The van der Waals surface area contributed by atoms with Gasteiger partial charge in [-0.1, -0.05) is 12.1 Å². The van der Waals surface area contributed by atoms with E-state index < -0.39 is 23.9 Å². The average Bonchev–Trinajstić information content (AvgIpc) is 2.42. The number of para-hydroxylation sites is 1. The van der Waals surface area contributed by atoms with Gasteiger partial charge in [0.05, 0.1) is 17.6 Å². The highest BCUT2D eigenvalue weighted by atomic mass is 16.5. The van der Waals surface area contributed by atoms with Crippen LogP contribution in [0, 0.1) is 11.3 Å². The van der Waals surface area contributed by atoms with Crippen LogP contribution in [0.25, 0.3) is 0 Å². The minimum Gasteiger partial charge on any atom is -0.482 e. The maximum absolute atomic E-state index is 11.6. The molecule has 0 saturated heterocycles. The molecule has 7 heteroatoms. The van der Waals surface area contributed by atoms with Crippen molar-refractivity contribution < 1.29 is 24.5 Å². The van der Waals surface area contributed by atoms with E-state index in [1.54, 1.807) is 24.3 Å². The van der Waals surface area contributed by atoms with Crippen LogP contribution in [-0.2, 0) is 9.59 Å². The summed E-state index contributed by atoms with van der Waals surface area (Å²) in [4.78, 5) is 22.1. The summed E-state index contributed by atoms with van der Waals surface area (Å²) in [6.07, 6.45) is -0.481. The van der Waals surface area contributed by atoms with Crippen LogP contribution in [0.15, 0.2) is 24.3 Å². The molecule has 0 heterocycles. The van der Waals surface area contributed by atoms with Crippen LogP contribution < -0.4 is 10.1 Å². The summed E-state index contributed by atoms with van der Waals surface area (Å²) in [6, 6.07) is 8.41. The number of ether oxygens (including phenoxy) is 1. The Hall–Kier alpha value is -2.59. The smallest absolute Gasteiger partial charge is 0.306 e. The Morgan fingerprint density at radius 2 is 2.10 bits per heavy atom. The van der Waals surface area contributed by atoms with Gasteiger partial charge in [-0.3, -0.25) is 9.59 Å². The Morgan fingerprint density at radius 3 is 2.71 bits per heavy atom. The third-order valence-corrected chi connectivity index (χ3v) is 2.56. The van der Waals surface area contributed by atoms with Crippen LogP contribution in [0.2, 0.25) is 0 Å². The molecular formula is C14H16N2O5. The third kappa shape index (κ3) is 5.93. The number of nitriles is 1. The van der Waals surface area contributed by atoms with Gasteiger partial charge in [0.1, 0.15) is 11.8 Å². The van der Waals surface area contributed by atoms with Gasteiger partial charge < -0.3 is 20.3 Å². The quantitative estimate of drug-likeness (QED) is 0.664. The zero-order valence-electron chi connectivity index (χ0n) is 11.5. The zero-order valence-corrected chi connectivity index (χ0v) is 11.5. The van der Waals surface area contributed by atoms with Crippen molar-refractivity contribution in [2.75, 3.05) is 13.2 Å². The molecule has 0 radical (unpaired) electrons. The van der Waals surface area contributed by atoms with Gasteiger partial charge >= 0.3 is 5.97 Å². The summed E-state index contributed by atoms with van der Waals surface area (Å²) >= 11 is 0. The largest absolute Gasteiger partial charge is 0.482 e. The van der Waals surface area contributed by atoms with E-state index in [1.165, 1.54) is 6.92 Å². The number of amides is 1. The molecule has 0 fully saturated rings. The van der Waals surface area contributed by atoms with Crippen molar-refractivity contribution in [3.63, 3.8) is 0 Å². The van der Waals surface area contributed by atoms with Crippen molar-refractivity contribution in [2.45, 2.75) is 18.9 Å². The van der Waals surface area contributed by atoms with E-state index in [0.717, 1.165) is 0 Å². The number of nitrogens with one attached hydrogen (secondary N) is 1.